The second-order valence-corrected chi connectivity index (χ2v) is 7.39. The van der Waals surface area contributed by atoms with E-state index < -0.39 is 0 Å². The van der Waals surface area contributed by atoms with E-state index >= 15 is 0 Å². The molecule has 1 saturated heterocycles. The van der Waals surface area contributed by atoms with Gasteiger partial charge in [-0.25, -0.2) is 0 Å². The van der Waals surface area contributed by atoms with Gasteiger partial charge in [0.15, 0.2) is 5.96 Å². The van der Waals surface area contributed by atoms with Crippen molar-refractivity contribution >= 4 is 5.96 Å². The molecule has 2 N–H and O–H groups in total. The van der Waals surface area contributed by atoms with Crippen molar-refractivity contribution in [3.63, 3.8) is 0 Å². The molecule has 0 bridgehead atoms. The van der Waals surface area contributed by atoms with Crippen LogP contribution in [0.4, 0.5) is 0 Å². The summed E-state index contributed by atoms with van der Waals surface area (Å²) < 4.78 is 11.2. The first-order chi connectivity index (χ1) is 11.8. The Morgan fingerprint density at radius 2 is 1.92 bits per heavy atom. The van der Waals surface area contributed by atoms with E-state index in [1.165, 1.54) is 25.7 Å². The van der Waals surface area contributed by atoms with E-state index in [1.807, 2.05) is 7.05 Å². The van der Waals surface area contributed by atoms with Crippen LogP contribution in [0.1, 0.15) is 51.9 Å². The number of nitrogens with one attached hydrogen (secondary N) is 2. The van der Waals surface area contributed by atoms with Crippen molar-refractivity contribution in [3.8, 4) is 0 Å². The normalized spacial score (nSPS) is 26.3. The van der Waals surface area contributed by atoms with Gasteiger partial charge in [-0.3, -0.25) is 4.99 Å². The molecule has 2 fully saturated rings. The van der Waals surface area contributed by atoms with E-state index in [4.69, 9.17) is 9.47 Å². The van der Waals surface area contributed by atoms with E-state index in [2.05, 4.69) is 22.5 Å². The van der Waals surface area contributed by atoms with Crippen LogP contribution in [0, 0.1) is 17.8 Å². The van der Waals surface area contributed by atoms with Crippen molar-refractivity contribution in [1.82, 2.24) is 10.6 Å². The Bertz CT molecular complexity index is 357. The molecule has 24 heavy (non-hydrogen) atoms. The van der Waals surface area contributed by atoms with Crippen LogP contribution in [-0.2, 0) is 9.47 Å². The number of hydrogen-bond acceptors (Lipinski definition) is 3. The molecule has 2 atom stereocenters. The molecule has 0 amide bonds. The predicted octanol–water partition coefficient (Wildman–Crippen LogP) is 2.81. The third-order valence-electron chi connectivity index (χ3n) is 5.50. The second-order valence-electron chi connectivity index (χ2n) is 7.39. The highest BCUT2D eigenvalue weighted by molar-refractivity contribution is 5.79. The van der Waals surface area contributed by atoms with E-state index in [1.54, 1.807) is 0 Å². The molecular formula is C19H37N3O2. The summed E-state index contributed by atoms with van der Waals surface area (Å²) in [5.41, 5.74) is 0. The number of rotatable bonds is 8. The minimum Gasteiger partial charge on any atom is -0.381 e. The standard InChI is InChI=1S/C19H37N3O2/c1-16-6-3-4-7-18(16)14-22-19(20-2)21-10-5-11-24-15-17-8-12-23-13-9-17/h16-18H,3-15H2,1-2H3,(H2,20,21,22). The first-order valence-corrected chi connectivity index (χ1v) is 9.89. The Labute approximate surface area is 148 Å². The molecule has 0 aromatic heterocycles. The molecule has 0 aromatic rings. The van der Waals surface area contributed by atoms with Gasteiger partial charge in [-0.15, -0.1) is 0 Å². The molecule has 2 rings (SSSR count). The maximum atomic E-state index is 5.80. The van der Waals surface area contributed by atoms with E-state index in [0.717, 1.165) is 76.6 Å². The highest BCUT2D eigenvalue weighted by atomic mass is 16.5. The molecule has 1 aliphatic carbocycles. The Morgan fingerprint density at radius 3 is 2.67 bits per heavy atom. The van der Waals surface area contributed by atoms with Crippen molar-refractivity contribution in [1.29, 1.82) is 0 Å². The Balaban J connectivity index is 1.48. The molecule has 0 aromatic carbocycles. The SMILES string of the molecule is CN=C(NCCCOCC1CCOCC1)NCC1CCCCC1C. The summed E-state index contributed by atoms with van der Waals surface area (Å²) >= 11 is 0. The fourth-order valence-corrected chi connectivity index (χ4v) is 3.69. The summed E-state index contributed by atoms with van der Waals surface area (Å²) in [6.45, 7) is 7.84. The fourth-order valence-electron chi connectivity index (χ4n) is 3.69. The lowest BCUT2D eigenvalue weighted by Crippen LogP contribution is -2.41. The lowest BCUT2D eigenvalue weighted by molar-refractivity contribution is 0.0203. The zero-order valence-electron chi connectivity index (χ0n) is 15.7. The minimum atomic E-state index is 0.693. The van der Waals surface area contributed by atoms with Gasteiger partial charge >= 0.3 is 0 Å². The van der Waals surface area contributed by atoms with Gasteiger partial charge in [0.05, 0.1) is 0 Å². The highest BCUT2D eigenvalue weighted by Gasteiger charge is 2.21. The molecule has 0 radical (unpaired) electrons. The Kier molecular flexibility index (Phi) is 9.51. The Hall–Kier alpha value is -0.810. The Morgan fingerprint density at radius 1 is 1.12 bits per heavy atom. The molecule has 1 saturated carbocycles. The van der Waals surface area contributed by atoms with Gasteiger partial charge in [-0.1, -0.05) is 26.2 Å². The number of nitrogens with zero attached hydrogens (tertiary/aromatic N) is 1. The average Bonchev–Trinajstić information content (AvgIpc) is 2.62. The molecule has 1 heterocycles. The first-order valence-electron chi connectivity index (χ1n) is 9.89. The fraction of sp³-hybridized carbons (Fsp3) is 0.947. The highest BCUT2D eigenvalue weighted by Crippen LogP contribution is 2.28. The van der Waals surface area contributed by atoms with Crippen LogP contribution in [-0.4, -0.2) is 52.5 Å². The van der Waals surface area contributed by atoms with Gasteiger partial charge in [0, 0.05) is 46.6 Å². The first kappa shape index (κ1) is 19.5. The van der Waals surface area contributed by atoms with Crippen LogP contribution in [0.3, 0.4) is 0 Å². The second kappa shape index (κ2) is 11.7. The molecule has 1 aliphatic heterocycles. The van der Waals surface area contributed by atoms with Crippen LogP contribution < -0.4 is 10.6 Å². The average molecular weight is 340 g/mol. The summed E-state index contributed by atoms with van der Waals surface area (Å²) in [7, 11) is 1.85. The zero-order valence-corrected chi connectivity index (χ0v) is 15.7. The minimum absolute atomic E-state index is 0.693. The van der Waals surface area contributed by atoms with Gasteiger partial charge in [0.2, 0.25) is 0 Å². The maximum absolute atomic E-state index is 5.80. The van der Waals surface area contributed by atoms with E-state index in [0.29, 0.717) is 5.92 Å². The van der Waals surface area contributed by atoms with Crippen molar-refractivity contribution < 1.29 is 9.47 Å². The quantitative estimate of drug-likeness (QED) is 0.406. The summed E-state index contributed by atoms with van der Waals surface area (Å²) in [4.78, 5) is 4.33. The predicted molar refractivity (Wildman–Crippen MR) is 99.5 cm³/mol. The molecule has 140 valence electrons. The summed E-state index contributed by atoms with van der Waals surface area (Å²) in [5, 5.41) is 6.90. The van der Waals surface area contributed by atoms with Crippen molar-refractivity contribution in [2.24, 2.45) is 22.7 Å². The lowest BCUT2D eigenvalue weighted by Gasteiger charge is -2.29. The third kappa shape index (κ3) is 7.39. The summed E-state index contributed by atoms with van der Waals surface area (Å²) in [6.07, 6.45) is 8.83. The van der Waals surface area contributed by atoms with Crippen LogP contribution >= 0.6 is 0 Å². The number of aliphatic imine (C=N–C) groups is 1. The van der Waals surface area contributed by atoms with Gasteiger partial charge < -0.3 is 20.1 Å². The molecule has 2 unspecified atom stereocenters. The van der Waals surface area contributed by atoms with Crippen molar-refractivity contribution in [2.75, 3.05) is 46.6 Å². The largest absolute Gasteiger partial charge is 0.381 e. The van der Waals surface area contributed by atoms with Crippen molar-refractivity contribution in [2.45, 2.75) is 51.9 Å². The number of guanidine groups is 1. The monoisotopic (exact) mass is 339 g/mol. The molecule has 5 heteroatoms. The third-order valence-corrected chi connectivity index (χ3v) is 5.50. The topological polar surface area (TPSA) is 54.9 Å². The van der Waals surface area contributed by atoms with Gasteiger partial charge in [-0.05, 0) is 43.4 Å². The van der Waals surface area contributed by atoms with Crippen molar-refractivity contribution in [3.05, 3.63) is 0 Å². The summed E-state index contributed by atoms with van der Waals surface area (Å²) in [6, 6.07) is 0. The van der Waals surface area contributed by atoms with E-state index in [9.17, 15) is 0 Å². The number of ether oxygens (including phenoxy) is 2. The maximum Gasteiger partial charge on any atom is 0.190 e. The molecular weight excluding hydrogens is 302 g/mol. The smallest absolute Gasteiger partial charge is 0.190 e. The summed E-state index contributed by atoms with van der Waals surface area (Å²) in [5.74, 6) is 3.25. The zero-order chi connectivity index (χ0) is 17.0. The van der Waals surface area contributed by atoms with Gasteiger partial charge in [-0.2, -0.15) is 0 Å². The molecule has 0 spiro atoms. The molecule has 2 aliphatic rings. The van der Waals surface area contributed by atoms with Gasteiger partial charge in [0.1, 0.15) is 0 Å². The van der Waals surface area contributed by atoms with Crippen LogP contribution in [0.5, 0.6) is 0 Å². The lowest BCUT2D eigenvalue weighted by atomic mass is 9.80. The molecule has 5 nitrogen and oxygen atoms in total. The van der Waals surface area contributed by atoms with E-state index in [-0.39, 0.29) is 0 Å². The van der Waals surface area contributed by atoms with Crippen LogP contribution in [0.25, 0.3) is 0 Å². The van der Waals surface area contributed by atoms with Crippen LogP contribution in [0.2, 0.25) is 0 Å². The van der Waals surface area contributed by atoms with Crippen LogP contribution in [0.15, 0.2) is 4.99 Å². The van der Waals surface area contributed by atoms with Gasteiger partial charge in [0.25, 0.3) is 0 Å². The number of hydrogen-bond donors (Lipinski definition) is 2.